The van der Waals surface area contributed by atoms with E-state index in [0.717, 1.165) is 35.9 Å². The summed E-state index contributed by atoms with van der Waals surface area (Å²) in [6.45, 7) is 0.549. The van der Waals surface area contributed by atoms with E-state index >= 15 is 0 Å². The largest absolute Gasteiger partial charge is 0.484 e. The molecule has 1 spiro atoms. The van der Waals surface area contributed by atoms with Crippen LogP contribution in [0, 0.1) is 0 Å². The van der Waals surface area contributed by atoms with Crippen LogP contribution in [0.15, 0.2) is 57.4 Å². The molecule has 1 aromatic carbocycles. The first kappa shape index (κ1) is 18.5. The van der Waals surface area contributed by atoms with Crippen LogP contribution in [0.1, 0.15) is 37.7 Å². The van der Waals surface area contributed by atoms with Gasteiger partial charge >= 0.3 is 5.69 Å². The van der Waals surface area contributed by atoms with E-state index in [1.165, 1.54) is 13.5 Å². The molecular weight excluding hydrogens is 394 g/mol. The van der Waals surface area contributed by atoms with Crippen LogP contribution in [0.4, 0.5) is 11.5 Å². The molecule has 1 aliphatic carbocycles. The van der Waals surface area contributed by atoms with Crippen LogP contribution in [0.25, 0.3) is 0 Å². The van der Waals surface area contributed by atoms with E-state index in [-0.39, 0.29) is 17.6 Å². The number of rotatable bonds is 2. The lowest BCUT2D eigenvalue weighted by atomic mass is 9.81. The van der Waals surface area contributed by atoms with Crippen LogP contribution < -0.4 is 21.2 Å². The Bertz CT molecular complexity index is 1210. The fourth-order valence-corrected chi connectivity index (χ4v) is 5.53. The zero-order valence-electron chi connectivity index (χ0n) is 17.5. The highest BCUT2D eigenvalue weighted by molar-refractivity contribution is 6.14. The lowest BCUT2D eigenvalue weighted by Gasteiger charge is -2.45. The van der Waals surface area contributed by atoms with Crippen LogP contribution in [0.5, 0.6) is 0 Å². The summed E-state index contributed by atoms with van der Waals surface area (Å²) in [6.07, 6.45) is 9.36. The molecule has 31 heavy (non-hydrogen) atoms. The van der Waals surface area contributed by atoms with Gasteiger partial charge in [0.05, 0.1) is 18.5 Å². The van der Waals surface area contributed by atoms with Crippen molar-refractivity contribution in [2.45, 2.75) is 49.8 Å². The van der Waals surface area contributed by atoms with E-state index in [9.17, 15) is 9.59 Å². The molecule has 1 N–H and O–H groups in total. The molecule has 0 bridgehead atoms. The second-order valence-electron chi connectivity index (χ2n) is 8.85. The van der Waals surface area contributed by atoms with Crippen LogP contribution in [0.2, 0.25) is 0 Å². The number of aromatic amines is 1. The molecule has 8 heteroatoms. The SMILES string of the molecule is Cn1c(=O)[nH]c2c(c1=O)C1=NN(c3ccccc3)C3C=COC13CN2C1CCCCC1. The van der Waals surface area contributed by atoms with Crippen molar-refractivity contribution in [3.63, 3.8) is 0 Å². The molecule has 160 valence electrons. The summed E-state index contributed by atoms with van der Waals surface area (Å²) in [7, 11) is 1.50. The van der Waals surface area contributed by atoms with E-state index < -0.39 is 11.3 Å². The second-order valence-corrected chi connectivity index (χ2v) is 8.85. The number of anilines is 2. The highest BCUT2D eigenvalue weighted by atomic mass is 16.5. The maximum absolute atomic E-state index is 13.4. The number of aromatic nitrogens is 2. The quantitative estimate of drug-likeness (QED) is 0.806. The number of hydrogen-bond donors (Lipinski definition) is 1. The van der Waals surface area contributed by atoms with Crippen LogP contribution in [-0.4, -0.2) is 39.5 Å². The molecular formula is C23H25N5O3. The predicted octanol–water partition coefficient (Wildman–Crippen LogP) is 2.10. The number of hydrogen-bond acceptors (Lipinski definition) is 6. The van der Waals surface area contributed by atoms with Crippen LogP contribution >= 0.6 is 0 Å². The number of fused-ring (bicyclic) bond motifs is 2. The molecule has 4 aliphatic rings. The van der Waals surface area contributed by atoms with E-state index in [1.54, 1.807) is 6.26 Å². The lowest BCUT2D eigenvalue weighted by Crippen LogP contribution is -2.63. The number of hydrazone groups is 1. The van der Waals surface area contributed by atoms with Gasteiger partial charge in [0.2, 0.25) is 0 Å². The Hall–Kier alpha value is -3.29. The van der Waals surface area contributed by atoms with Crippen LogP contribution in [-0.2, 0) is 11.8 Å². The normalized spacial score (nSPS) is 26.9. The first-order valence-corrected chi connectivity index (χ1v) is 11.0. The average Bonchev–Trinajstić information content (AvgIpc) is 3.35. The summed E-state index contributed by atoms with van der Waals surface area (Å²) in [5, 5.41) is 6.86. The number of ether oxygens (including phenoxy) is 1. The van der Waals surface area contributed by atoms with Crippen molar-refractivity contribution in [2.24, 2.45) is 12.1 Å². The highest BCUT2D eigenvalue weighted by Gasteiger charge is 2.60. The number of benzene rings is 1. The summed E-state index contributed by atoms with van der Waals surface area (Å²) in [6, 6.07) is 10.0. The number of nitrogens with zero attached hydrogens (tertiary/aromatic N) is 4. The zero-order valence-corrected chi connectivity index (χ0v) is 17.5. The second kappa shape index (κ2) is 6.60. The first-order chi connectivity index (χ1) is 15.1. The lowest BCUT2D eigenvalue weighted by molar-refractivity contribution is 0.105. The number of nitrogens with one attached hydrogen (secondary N) is 1. The van der Waals surface area contributed by atoms with Gasteiger partial charge in [0, 0.05) is 13.1 Å². The van der Waals surface area contributed by atoms with Gasteiger partial charge in [0.25, 0.3) is 5.56 Å². The molecule has 0 radical (unpaired) electrons. The minimum absolute atomic E-state index is 0.152. The summed E-state index contributed by atoms with van der Waals surface area (Å²) < 4.78 is 7.42. The van der Waals surface area contributed by atoms with Gasteiger partial charge in [0.15, 0.2) is 5.60 Å². The van der Waals surface area contributed by atoms with Crippen molar-refractivity contribution in [3.8, 4) is 0 Å². The standard InChI is InChI=1S/C23H25N5O3/c1-26-21(29)18-19-23(14-27(20(18)24-22(26)30)15-8-4-2-5-9-15)17(12-13-31-23)28(25-19)16-10-6-3-7-11-16/h3,6-7,10-13,15,17H,2,4-5,8-9,14H2,1H3,(H,24,30). The van der Waals surface area contributed by atoms with E-state index in [2.05, 4.69) is 9.88 Å². The molecule has 0 saturated heterocycles. The third-order valence-electron chi connectivity index (χ3n) is 7.14. The van der Waals surface area contributed by atoms with Gasteiger partial charge in [-0.05, 0) is 31.1 Å². The van der Waals surface area contributed by atoms with Crippen molar-refractivity contribution >= 4 is 17.2 Å². The van der Waals surface area contributed by atoms with Crippen molar-refractivity contribution in [1.29, 1.82) is 0 Å². The van der Waals surface area contributed by atoms with Crippen molar-refractivity contribution < 1.29 is 4.74 Å². The molecule has 1 saturated carbocycles. The minimum Gasteiger partial charge on any atom is -0.484 e. The fraction of sp³-hybridized carbons (Fsp3) is 0.435. The van der Waals surface area contributed by atoms with Crippen molar-refractivity contribution in [1.82, 2.24) is 9.55 Å². The smallest absolute Gasteiger partial charge is 0.329 e. The average molecular weight is 419 g/mol. The maximum Gasteiger partial charge on any atom is 0.329 e. The molecule has 3 aliphatic heterocycles. The molecule has 1 fully saturated rings. The Morgan fingerprint density at radius 2 is 1.90 bits per heavy atom. The Morgan fingerprint density at radius 3 is 2.68 bits per heavy atom. The van der Waals surface area contributed by atoms with Crippen LogP contribution in [0.3, 0.4) is 0 Å². The minimum atomic E-state index is -0.773. The monoisotopic (exact) mass is 419 g/mol. The molecule has 4 heterocycles. The molecule has 2 unspecified atom stereocenters. The van der Waals surface area contributed by atoms with E-state index in [1.807, 2.05) is 41.4 Å². The Morgan fingerprint density at radius 1 is 1.13 bits per heavy atom. The number of para-hydroxylation sites is 1. The van der Waals surface area contributed by atoms with Gasteiger partial charge in [-0.25, -0.2) is 4.79 Å². The summed E-state index contributed by atoms with van der Waals surface area (Å²) in [5.41, 5.74) is 0.486. The van der Waals surface area contributed by atoms with E-state index in [4.69, 9.17) is 9.84 Å². The topological polar surface area (TPSA) is 82.9 Å². The van der Waals surface area contributed by atoms with Gasteiger partial charge < -0.3 is 9.64 Å². The Balaban J connectivity index is 1.57. The molecule has 2 aromatic rings. The maximum atomic E-state index is 13.4. The molecule has 8 nitrogen and oxygen atoms in total. The van der Waals surface area contributed by atoms with Crippen molar-refractivity contribution in [3.05, 3.63) is 69.1 Å². The van der Waals surface area contributed by atoms with Gasteiger partial charge in [-0.1, -0.05) is 37.5 Å². The predicted molar refractivity (Wildman–Crippen MR) is 119 cm³/mol. The zero-order chi connectivity index (χ0) is 21.2. The third kappa shape index (κ3) is 2.50. The number of H-pyrrole nitrogens is 1. The first-order valence-electron chi connectivity index (χ1n) is 11.0. The highest BCUT2D eigenvalue weighted by Crippen LogP contribution is 2.45. The summed E-state index contributed by atoms with van der Waals surface area (Å²) in [5.74, 6) is 0.591. The van der Waals surface area contributed by atoms with Gasteiger partial charge in [-0.15, -0.1) is 0 Å². The van der Waals surface area contributed by atoms with Gasteiger partial charge in [-0.3, -0.25) is 19.4 Å². The van der Waals surface area contributed by atoms with Gasteiger partial charge in [0.1, 0.15) is 23.1 Å². The van der Waals surface area contributed by atoms with Crippen molar-refractivity contribution in [2.75, 3.05) is 16.5 Å². The molecule has 1 aromatic heterocycles. The summed E-state index contributed by atoms with van der Waals surface area (Å²) >= 11 is 0. The fourth-order valence-electron chi connectivity index (χ4n) is 5.53. The Kier molecular flexibility index (Phi) is 3.94. The van der Waals surface area contributed by atoms with E-state index in [0.29, 0.717) is 23.6 Å². The molecule has 2 atom stereocenters. The molecule has 6 rings (SSSR count). The third-order valence-corrected chi connectivity index (χ3v) is 7.14. The Labute approximate surface area is 179 Å². The van der Waals surface area contributed by atoms with Gasteiger partial charge in [-0.2, -0.15) is 5.10 Å². The molecule has 0 amide bonds. The summed E-state index contributed by atoms with van der Waals surface area (Å²) in [4.78, 5) is 31.1.